The van der Waals surface area contributed by atoms with Crippen LogP contribution in [0.4, 0.5) is 5.69 Å². The minimum atomic E-state index is -0.451. The molecule has 15 heavy (non-hydrogen) atoms. The van der Waals surface area contributed by atoms with E-state index < -0.39 is 6.04 Å². The average molecular weight is 204 g/mol. The zero-order valence-corrected chi connectivity index (χ0v) is 8.40. The Balaban J connectivity index is 2.48. The Bertz CT molecular complexity index is 427. The Morgan fingerprint density at radius 3 is 3.07 bits per heavy atom. The molecule has 0 aliphatic carbocycles. The zero-order valence-electron chi connectivity index (χ0n) is 8.40. The molecule has 1 aromatic carbocycles. The van der Waals surface area contributed by atoms with Gasteiger partial charge in [0.05, 0.1) is 12.4 Å². The molecule has 0 spiro atoms. The second-order valence-electron chi connectivity index (χ2n) is 3.50. The van der Waals surface area contributed by atoms with Crippen molar-refractivity contribution >= 4 is 17.8 Å². The third-order valence-electron chi connectivity index (χ3n) is 2.39. The first-order chi connectivity index (χ1) is 7.24. The lowest BCUT2D eigenvalue weighted by atomic mass is 10.0. The molecule has 0 saturated heterocycles. The highest BCUT2D eigenvalue weighted by atomic mass is 16.3. The molecule has 1 aliphatic heterocycles. The molecular weight excluding hydrogens is 192 g/mol. The van der Waals surface area contributed by atoms with E-state index in [4.69, 9.17) is 5.11 Å². The Kier molecular flexibility index (Phi) is 2.51. The number of aldehydes is 1. The summed E-state index contributed by atoms with van der Waals surface area (Å²) in [6.45, 7) is 1.79. The molecule has 1 aliphatic rings. The van der Waals surface area contributed by atoms with E-state index in [-0.39, 0.29) is 6.61 Å². The first-order valence-corrected chi connectivity index (χ1v) is 4.75. The first kappa shape index (κ1) is 9.86. The van der Waals surface area contributed by atoms with E-state index in [1.54, 1.807) is 6.07 Å². The minimum Gasteiger partial charge on any atom is -0.392 e. The Hall–Kier alpha value is -1.68. The standard InChI is InChI=1S/C11H12N2O2/c1-7-12-10-3-2-8(5-14)4-9(10)11(6-15)13-7/h2-4,6,11,14H,5H2,1H3,(H,12,13). The van der Waals surface area contributed by atoms with Gasteiger partial charge in [0.2, 0.25) is 0 Å². The number of amidine groups is 1. The Morgan fingerprint density at radius 1 is 1.60 bits per heavy atom. The summed E-state index contributed by atoms with van der Waals surface area (Å²) in [5.41, 5.74) is 2.50. The summed E-state index contributed by atoms with van der Waals surface area (Å²) < 4.78 is 0. The summed E-state index contributed by atoms with van der Waals surface area (Å²) in [5, 5.41) is 12.1. The van der Waals surface area contributed by atoms with Crippen molar-refractivity contribution in [3.05, 3.63) is 29.3 Å². The predicted molar refractivity (Wildman–Crippen MR) is 57.9 cm³/mol. The molecule has 0 bridgehead atoms. The van der Waals surface area contributed by atoms with Crippen molar-refractivity contribution in [2.75, 3.05) is 5.32 Å². The third kappa shape index (κ3) is 1.76. The number of carbonyl (C=O) groups excluding carboxylic acids is 1. The number of rotatable bonds is 2. The first-order valence-electron chi connectivity index (χ1n) is 4.75. The van der Waals surface area contributed by atoms with E-state index in [1.165, 1.54) is 0 Å². The number of carbonyl (C=O) groups is 1. The van der Waals surface area contributed by atoms with Crippen LogP contribution in [0.15, 0.2) is 23.2 Å². The fraction of sp³-hybridized carbons (Fsp3) is 0.273. The van der Waals surface area contributed by atoms with Crippen LogP contribution in [0.25, 0.3) is 0 Å². The van der Waals surface area contributed by atoms with Crippen LogP contribution in [-0.4, -0.2) is 17.2 Å². The van der Waals surface area contributed by atoms with Crippen molar-refractivity contribution < 1.29 is 9.90 Å². The second kappa shape index (κ2) is 3.82. The highest BCUT2D eigenvalue weighted by Gasteiger charge is 2.19. The molecule has 2 rings (SSSR count). The quantitative estimate of drug-likeness (QED) is 0.713. The fourth-order valence-electron chi connectivity index (χ4n) is 1.68. The summed E-state index contributed by atoms with van der Waals surface area (Å²) in [4.78, 5) is 15.0. The van der Waals surface area contributed by atoms with Crippen molar-refractivity contribution in [3.63, 3.8) is 0 Å². The van der Waals surface area contributed by atoms with Crippen molar-refractivity contribution in [1.29, 1.82) is 0 Å². The van der Waals surface area contributed by atoms with Gasteiger partial charge >= 0.3 is 0 Å². The average Bonchev–Trinajstić information content (AvgIpc) is 2.27. The lowest BCUT2D eigenvalue weighted by molar-refractivity contribution is -0.108. The number of benzene rings is 1. The molecule has 4 heteroatoms. The van der Waals surface area contributed by atoms with Crippen LogP contribution in [0.1, 0.15) is 24.1 Å². The summed E-state index contributed by atoms with van der Waals surface area (Å²) >= 11 is 0. The summed E-state index contributed by atoms with van der Waals surface area (Å²) in [7, 11) is 0. The molecule has 0 fully saturated rings. The number of aliphatic hydroxyl groups excluding tert-OH is 1. The van der Waals surface area contributed by atoms with Crippen molar-refractivity contribution in [1.82, 2.24) is 0 Å². The Morgan fingerprint density at radius 2 is 2.40 bits per heavy atom. The van der Waals surface area contributed by atoms with Gasteiger partial charge < -0.3 is 15.2 Å². The number of anilines is 1. The van der Waals surface area contributed by atoms with Crippen molar-refractivity contribution in [2.24, 2.45) is 4.99 Å². The number of hydrogen-bond donors (Lipinski definition) is 2. The number of aliphatic imine (C=N–C) groups is 1. The van der Waals surface area contributed by atoms with Gasteiger partial charge in [-0.15, -0.1) is 0 Å². The molecule has 1 heterocycles. The van der Waals surface area contributed by atoms with Gasteiger partial charge in [-0.3, -0.25) is 4.99 Å². The summed E-state index contributed by atoms with van der Waals surface area (Å²) in [5.74, 6) is 0.733. The minimum absolute atomic E-state index is 0.0262. The van der Waals surface area contributed by atoms with Gasteiger partial charge in [-0.2, -0.15) is 0 Å². The monoisotopic (exact) mass is 204 g/mol. The molecule has 0 aromatic heterocycles. The molecule has 4 nitrogen and oxygen atoms in total. The van der Waals surface area contributed by atoms with E-state index in [0.29, 0.717) is 0 Å². The van der Waals surface area contributed by atoms with Crippen LogP contribution in [0.2, 0.25) is 0 Å². The lowest BCUT2D eigenvalue weighted by Crippen LogP contribution is -2.18. The van der Waals surface area contributed by atoms with Crippen LogP contribution in [0, 0.1) is 0 Å². The molecular formula is C11H12N2O2. The van der Waals surface area contributed by atoms with Gasteiger partial charge in [-0.25, -0.2) is 0 Å². The zero-order chi connectivity index (χ0) is 10.8. The van der Waals surface area contributed by atoms with E-state index in [9.17, 15) is 4.79 Å². The number of nitrogens with zero attached hydrogens (tertiary/aromatic N) is 1. The van der Waals surface area contributed by atoms with Crippen LogP contribution in [0.5, 0.6) is 0 Å². The summed E-state index contributed by atoms with van der Waals surface area (Å²) in [6.07, 6.45) is 0.810. The smallest absolute Gasteiger partial charge is 0.149 e. The number of nitrogens with one attached hydrogen (secondary N) is 1. The van der Waals surface area contributed by atoms with Crippen LogP contribution < -0.4 is 5.32 Å². The third-order valence-corrected chi connectivity index (χ3v) is 2.39. The van der Waals surface area contributed by atoms with Gasteiger partial charge in [0.15, 0.2) is 0 Å². The molecule has 0 amide bonds. The molecule has 0 saturated carbocycles. The van der Waals surface area contributed by atoms with Crippen molar-refractivity contribution in [2.45, 2.75) is 19.6 Å². The van der Waals surface area contributed by atoms with E-state index in [0.717, 1.165) is 28.9 Å². The predicted octanol–water partition coefficient (Wildman–Crippen LogP) is 1.26. The molecule has 78 valence electrons. The van der Waals surface area contributed by atoms with E-state index in [2.05, 4.69) is 10.3 Å². The molecule has 0 radical (unpaired) electrons. The van der Waals surface area contributed by atoms with Crippen LogP contribution >= 0.6 is 0 Å². The number of aliphatic hydroxyl groups is 1. The maximum atomic E-state index is 10.9. The lowest BCUT2D eigenvalue weighted by Gasteiger charge is -2.21. The van der Waals surface area contributed by atoms with Gasteiger partial charge in [0, 0.05) is 11.3 Å². The number of fused-ring (bicyclic) bond motifs is 1. The summed E-state index contributed by atoms with van der Waals surface area (Å²) in [6, 6.07) is 5.03. The molecule has 2 N–H and O–H groups in total. The van der Waals surface area contributed by atoms with Crippen LogP contribution in [0.3, 0.4) is 0 Å². The van der Waals surface area contributed by atoms with E-state index >= 15 is 0 Å². The topological polar surface area (TPSA) is 61.7 Å². The second-order valence-corrected chi connectivity index (χ2v) is 3.50. The molecule has 1 aromatic rings. The highest BCUT2D eigenvalue weighted by molar-refractivity contribution is 5.98. The SMILES string of the molecule is CC1=NC(C=O)c2cc(CO)ccc2N1. The fourth-order valence-corrected chi connectivity index (χ4v) is 1.68. The van der Waals surface area contributed by atoms with Gasteiger partial charge in [0.25, 0.3) is 0 Å². The van der Waals surface area contributed by atoms with Gasteiger partial charge in [-0.05, 0) is 24.6 Å². The molecule has 1 unspecified atom stereocenters. The number of hydrogen-bond acceptors (Lipinski definition) is 4. The van der Waals surface area contributed by atoms with Crippen LogP contribution in [-0.2, 0) is 11.4 Å². The highest BCUT2D eigenvalue weighted by Crippen LogP contribution is 2.29. The maximum absolute atomic E-state index is 10.9. The normalized spacial score (nSPS) is 18.8. The maximum Gasteiger partial charge on any atom is 0.149 e. The Labute approximate surface area is 87.7 Å². The molecule has 1 atom stereocenters. The van der Waals surface area contributed by atoms with E-state index in [1.807, 2.05) is 19.1 Å². The van der Waals surface area contributed by atoms with Crippen molar-refractivity contribution in [3.8, 4) is 0 Å². The van der Waals surface area contributed by atoms with Gasteiger partial charge in [-0.1, -0.05) is 6.07 Å². The largest absolute Gasteiger partial charge is 0.392 e. The van der Waals surface area contributed by atoms with Gasteiger partial charge in [0.1, 0.15) is 12.3 Å².